The Hall–Kier alpha value is -2.05. The Morgan fingerprint density at radius 1 is 1.35 bits per heavy atom. The molecule has 1 heterocycles. The summed E-state index contributed by atoms with van der Waals surface area (Å²) in [5.41, 5.74) is 10.8. The summed E-state index contributed by atoms with van der Waals surface area (Å²) >= 11 is 1.66. The van der Waals surface area contributed by atoms with Crippen molar-refractivity contribution in [3.63, 3.8) is 0 Å². The van der Waals surface area contributed by atoms with Gasteiger partial charge in [-0.15, -0.1) is 11.8 Å². The fourth-order valence-electron chi connectivity index (χ4n) is 1.75. The average molecular weight is 288 g/mol. The summed E-state index contributed by atoms with van der Waals surface area (Å²) in [5.74, 6) is 5.39. The molecule has 0 spiro atoms. The number of rotatable bonds is 4. The second-order valence-corrected chi connectivity index (χ2v) is 5.32. The molecule has 0 aliphatic rings. The Kier molecular flexibility index (Phi) is 4.60. The third-order valence-electron chi connectivity index (χ3n) is 2.75. The number of nitrogen functional groups attached to an aromatic ring is 2. The molecule has 0 unspecified atom stereocenters. The van der Waals surface area contributed by atoms with E-state index in [-0.39, 0.29) is 5.91 Å². The summed E-state index contributed by atoms with van der Waals surface area (Å²) in [5, 5.41) is 0. The first-order valence-electron chi connectivity index (χ1n) is 6.06. The number of benzene rings is 1. The van der Waals surface area contributed by atoms with Crippen LogP contribution in [0.4, 0.5) is 5.69 Å². The fraction of sp³-hybridized carbons (Fsp3) is 0.143. The Bertz CT molecular complexity index is 630. The number of anilines is 1. The second-order valence-electron chi connectivity index (χ2n) is 4.30. The summed E-state index contributed by atoms with van der Waals surface area (Å²) in [6.07, 6.45) is 0. The monoisotopic (exact) mass is 288 g/mol. The topological polar surface area (TPSA) is 94.0 Å². The van der Waals surface area contributed by atoms with Crippen molar-refractivity contribution in [2.24, 2.45) is 5.84 Å². The summed E-state index contributed by atoms with van der Waals surface area (Å²) in [7, 11) is 0. The van der Waals surface area contributed by atoms with Crippen molar-refractivity contribution in [2.75, 3.05) is 5.73 Å². The van der Waals surface area contributed by atoms with E-state index in [0.29, 0.717) is 11.4 Å². The number of carbonyl (C=O) groups is 1. The molecule has 0 saturated heterocycles. The second kappa shape index (κ2) is 6.40. The lowest BCUT2D eigenvalue weighted by atomic mass is 10.2. The van der Waals surface area contributed by atoms with Gasteiger partial charge < -0.3 is 5.73 Å². The maximum absolute atomic E-state index is 11.4. The van der Waals surface area contributed by atoms with Crippen molar-refractivity contribution >= 4 is 23.4 Å². The number of carbonyl (C=O) groups excluding carboxylic acids is 1. The van der Waals surface area contributed by atoms with Crippen molar-refractivity contribution in [1.29, 1.82) is 0 Å². The lowest BCUT2D eigenvalue weighted by Gasteiger charge is -2.07. The van der Waals surface area contributed by atoms with E-state index in [2.05, 4.69) is 10.4 Å². The van der Waals surface area contributed by atoms with Crippen molar-refractivity contribution in [3.8, 4) is 0 Å². The average Bonchev–Trinajstić information content (AvgIpc) is 2.46. The quantitative estimate of drug-likeness (QED) is 0.262. The fourth-order valence-corrected chi connectivity index (χ4v) is 2.66. The Morgan fingerprint density at radius 2 is 2.15 bits per heavy atom. The van der Waals surface area contributed by atoms with E-state index >= 15 is 0 Å². The van der Waals surface area contributed by atoms with Crippen LogP contribution in [0.3, 0.4) is 0 Å². The van der Waals surface area contributed by atoms with Crippen LogP contribution in [-0.4, -0.2) is 10.9 Å². The number of aromatic nitrogens is 1. The third-order valence-corrected chi connectivity index (χ3v) is 3.95. The highest BCUT2D eigenvalue weighted by Crippen LogP contribution is 2.26. The molecule has 0 atom stereocenters. The van der Waals surface area contributed by atoms with Crippen LogP contribution in [0.1, 0.15) is 21.7 Å². The molecule has 5 N–H and O–H groups in total. The summed E-state index contributed by atoms with van der Waals surface area (Å²) in [6, 6.07) is 11.1. The van der Waals surface area contributed by atoms with Crippen LogP contribution in [0.5, 0.6) is 0 Å². The lowest BCUT2D eigenvalue weighted by molar-refractivity contribution is 0.0948. The number of thioether (sulfide) groups is 1. The van der Waals surface area contributed by atoms with E-state index in [0.717, 1.165) is 21.8 Å². The van der Waals surface area contributed by atoms with Gasteiger partial charge in [-0.2, -0.15) is 0 Å². The van der Waals surface area contributed by atoms with Crippen LogP contribution in [0.25, 0.3) is 0 Å². The molecule has 1 aromatic carbocycles. The van der Waals surface area contributed by atoms with E-state index in [4.69, 9.17) is 11.6 Å². The Balaban J connectivity index is 2.09. The highest BCUT2D eigenvalue weighted by atomic mass is 32.2. The first-order chi connectivity index (χ1) is 9.60. The van der Waals surface area contributed by atoms with E-state index in [1.807, 2.05) is 31.2 Å². The number of nitrogens with zero attached hydrogens (tertiary/aromatic N) is 1. The predicted octanol–water partition coefficient (Wildman–Crippen LogP) is 1.87. The van der Waals surface area contributed by atoms with Gasteiger partial charge >= 0.3 is 0 Å². The highest BCUT2D eigenvalue weighted by Gasteiger charge is 2.07. The zero-order valence-electron chi connectivity index (χ0n) is 11.1. The minimum absolute atomic E-state index is 0.319. The third kappa shape index (κ3) is 3.49. The first-order valence-corrected chi connectivity index (χ1v) is 7.04. The van der Waals surface area contributed by atoms with Gasteiger partial charge in [0.05, 0.1) is 5.69 Å². The largest absolute Gasteiger partial charge is 0.399 e. The number of nitrogens with one attached hydrogen (secondary N) is 1. The smallest absolute Gasteiger partial charge is 0.283 e. The van der Waals surface area contributed by atoms with Crippen LogP contribution in [0.15, 0.2) is 41.3 Å². The first kappa shape index (κ1) is 14.4. The lowest BCUT2D eigenvalue weighted by Crippen LogP contribution is -2.30. The molecule has 0 aliphatic heterocycles. The molecule has 1 amide bonds. The van der Waals surface area contributed by atoms with Crippen molar-refractivity contribution in [3.05, 3.63) is 53.3 Å². The van der Waals surface area contributed by atoms with Gasteiger partial charge in [-0.3, -0.25) is 10.2 Å². The maximum Gasteiger partial charge on any atom is 0.283 e. The minimum atomic E-state index is -0.388. The Labute approximate surface area is 121 Å². The molecule has 0 fully saturated rings. The molecule has 0 bridgehead atoms. The van der Waals surface area contributed by atoms with Crippen molar-refractivity contribution < 1.29 is 4.79 Å². The molecule has 6 heteroatoms. The number of hydrazine groups is 1. The molecule has 0 radical (unpaired) electrons. The van der Waals surface area contributed by atoms with Crippen LogP contribution in [0.2, 0.25) is 0 Å². The number of pyridine rings is 1. The molecule has 2 aromatic rings. The molecular weight excluding hydrogens is 272 g/mol. The number of aryl methyl sites for hydroxylation is 1. The Morgan fingerprint density at radius 3 is 2.85 bits per heavy atom. The van der Waals surface area contributed by atoms with Crippen LogP contribution >= 0.6 is 11.8 Å². The molecule has 2 rings (SSSR count). The van der Waals surface area contributed by atoms with Crippen LogP contribution in [0, 0.1) is 6.92 Å². The van der Waals surface area contributed by atoms with Gasteiger partial charge in [0, 0.05) is 16.3 Å². The molecular formula is C14H16N4OS. The summed E-state index contributed by atoms with van der Waals surface area (Å²) in [6.45, 7) is 2.02. The molecule has 1 aromatic heterocycles. The molecule has 104 valence electrons. The number of hydrogen-bond donors (Lipinski definition) is 3. The van der Waals surface area contributed by atoms with E-state index < -0.39 is 0 Å². The number of amides is 1. The van der Waals surface area contributed by atoms with Crippen molar-refractivity contribution in [2.45, 2.75) is 17.6 Å². The van der Waals surface area contributed by atoms with Gasteiger partial charge in [-0.1, -0.05) is 6.07 Å². The van der Waals surface area contributed by atoms with E-state index in [9.17, 15) is 4.79 Å². The van der Waals surface area contributed by atoms with Gasteiger partial charge in [0.15, 0.2) is 0 Å². The van der Waals surface area contributed by atoms with Crippen molar-refractivity contribution in [1.82, 2.24) is 10.4 Å². The minimum Gasteiger partial charge on any atom is -0.399 e. The van der Waals surface area contributed by atoms with Gasteiger partial charge in [0.2, 0.25) is 0 Å². The zero-order chi connectivity index (χ0) is 14.5. The summed E-state index contributed by atoms with van der Waals surface area (Å²) in [4.78, 5) is 16.8. The number of nitrogens with two attached hydrogens (primary N) is 2. The van der Waals surface area contributed by atoms with Gasteiger partial charge in [0.25, 0.3) is 5.91 Å². The van der Waals surface area contributed by atoms with E-state index in [1.165, 1.54) is 0 Å². The summed E-state index contributed by atoms with van der Waals surface area (Å²) < 4.78 is 0. The molecule has 5 nitrogen and oxygen atoms in total. The van der Waals surface area contributed by atoms with Gasteiger partial charge in [0.1, 0.15) is 5.69 Å². The normalized spacial score (nSPS) is 10.3. The zero-order valence-corrected chi connectivity index (χ0v) is 11.9. The predicted molar refractivity (Wildman–Crippen MR) is 81.0 cm³/mol. The van der Waals surface area contributed by atoms with Crippen LogP contribution < -0.4 is 17.0 Å². The molecule has 0 saturated carbocycles. The van der Waals surface area contributed by atoms with E-state index in [1.54, 1.807) is 23.9 Å². The standard InChI is InChI=1S/C14H16N4OS/c1-9-7-10(15)5-6-13(9)20-8-11-3-2-4-12(17-11)14(19)18-16/h2-7H,8,15-16H2,1H3,(H,18,19). The SMILES string of the molecule is Cc1cc(N)ccc1SCc1cccc(C(=O)NN)n1. The van der Waals surface area contributed by atoms with Crippen LogP contribution in [-0.2, 0) is 5.75 Å². The number of hydrogen-bond acceptors (Lipinski definition) is 5. The molecule has 0 aliphatic carbocycles. The highest BCUT2D eigenvalue weighted by molar-refractivity contribution is 7.98. The van der Waals surface area contributed by atoms with Gasteiger partial charge in [-0.05, 0) is 42.8 Å². The maximum atomic E-state index is 11.4. The molecule has 20 heavy (non-hydrogen) atoms. The van der Waals surface area contributed by atoms with Gasteiger partial charge in [-0.25, -0.2) is 10.8 Å².